The fourth-order valence-corrected chi connectivity index (χ4v) is 1.65. The third kappa shape index (κ3) is 2.86. The minimum atomic E-state index is -0.166. The molecule has 84 valence electrons. The molecule has 1 rings (SSSR count). The number of alkyl halides is 1. The van der Waals surface area contributed by atoms with Crippen LogP contribution in [0.1, 0.15) is 36.9 Å². The lowest BCUT2D eigenvalue weighted by molar-refractivity contribution is 0.407. The first-order chi connectivity index (χ1) is 7.10. The Morgan fingerprint density at radius 2 is 2.07 bits per heavy atom. The van der Waals surface area contributed by atoms with Crippen LogP contribution in [0, 0.1) is 0 Å². The first kappa shape index (κ1) is 12.3. The molecule has 0 radical (unpaired) electrons. The summed E-state index contributed by atoms with van der Waals surface area (Å²) in [6.45, 7) is 4.30. The lowest BCUT2D eigenvalue weighted by Gasteiger charge is -2.16. The second-order valence-corrected chi connectivity index (χ2v) is 4.23. The number of benzene rings is 1. The normalized spacial score (nSPS) is 12.9. The molecule has 0 aliphatic carbocycles. The van der Waals surface area contributed by atoms with Crippen molar-refractivity contribution in [3.63, 3.8) is 0 Å². The highest BCUT2D eigenvalue weighted by molar-refractivity contribution is 6.18. The van der Waals surface area contributed by atoms with Gasteiger partial charge in [-0.2, -0.15) is 0 Å². The van der Waals surface area contributed by atoms with E-state index in [-0.39, 0.29) is 6.04 Å². The second kappa shape index (κ2) is 5.38. The molecule has 15 heavy (non-hydrogen) atoms. The first-order valence-electron chi connectivity index (χ1n) is 5.09. The molecule has 0 spiro atoms. The van der Waals surface area contributed by atoms with E-state index in [2.05, 4.69) is 26.0 Å². The SMILES string of the molecule is COc1ccc(C(C)C)cc1C(N)CCl. The van der Waals surface area contributed by atoms with E-state index in [0.717, 1.165) is 11.3 Å². The van der Waals surface area contributed by atoms with E-state index in [1.807, 2.05) is 6.07 Å². The van der Waals surface area contributed by atoms with Crippen molar-refractivity contribution in [1.29, 1.82) is 0 Å². The molecular weight excluding hydrogens is 210 g/mol. The van der Waals surface area contributed by atoms with E-state index in [9.17, 15) is 0 Å². The van der Waals surface area contributed by atoms with Gasteiger partial charge in [0.1, 0.15) is 5.75 Å². The average Bonchev–Trinajstić information content (AvgIpc) is 2.27. The van der Waals surface area contributed by atoms with Gasteiger partial charge in [-0.3, -0.25) is 0 Å². The summed E-state index contributed by atoms with van der Waals surface area (Å²) in [5.41, 5.74) is 8.17. The Morgan fingerprint density at radius 1 is 1.40 bits per heavy atom. The van der Waals surface area contributed by atoms with E-state index in [1.165, 1.54) is 5.56 Å². The minimum absolute atomic E-state index is 0.166. The van der Waals surface area contributed by atoms with Crippen molar-refractivity contribution in [3.05, 3.63) is 29.3 Å². The van der Waals surface area contributed by atoms with E-state index in [1.54, 1.807) is 7.11 Å². The molecule has 0 aliphatic heterocycles. The largest absolute Gasteiger partial charge is 0.496 e. The maximum Gasteiger partial charge on any atom is 0.123 e. The van der Waals surface area contributed by atoms with Crippen molar-refractivity contribution in [1.82, 2.24) is 0 Å². The minimum Gasteiger partial charge on any atom is -0.496 e. The molecular formula is C12H18ClNO. The summed E-state index contributed by atoms with van der Waals surface area (Å²) in [5.74, 6) is 1.70. The van der Waals surface area contributed by atoms with Crippen LogP contribution in [0.15, 0.2) is 18.2 Å². The molecule has 0 saturated carbocycles. The summed E-state index contributed by atoms with van der Waals surface area (Å²) in [5, 5.41) is 0. The van der Waals surface area contributed by atoms with Crippen molar-refractivity contribution >= 4 is 11.6 Å². The monoisotopic (exact) mass is 227 g/mol. The van der Waals surface area contributed by atoms with Crippen LogP contribution in [0.4, 0.5) is 0 Å². The predicted molar refractivity (Wildman–Crippen MR) is 64.7 cm³/mol. The topological polar surface area (TPSA) is 35.2 Å². The van der Waals surface area contributed by atoms with Crippen LogP contribution >= 0.6 is 11.6 Å². The molecule has 1 aromatic rings. The fraction of sp³-hybridized carbons (Fsp3) is 0.500. The second-order valence-electron chi connectivity index (χ2n) is 3.92. The molecule has 0 aliphatic rings. The number of hydrogen-bond acceptors (Lipinski definition) is 2. The molecule has 0 amide bonds. The zero-order valence-corrected chi connectivity index (χ0v) is 10.2. The van der Waals surface area contributed by atoms with Gasteiger partial charge in [0.05, 0.1) is 7.11 Å². The third-order valence-electron chi connectivity index (χ3n) is 2.49. The van der Waals surface area contributed by atoms with Crippen LogP contribution in [-0.4, -0.2) is 13.0 Å². The van der Waals surface area contributed by atoms with Gasteiger partial charge in [-0.1, -0.05) is 26.0 Å². The molecule has 1 atom stereocenters. The summed E-state index contributed by atoms with van der Waals surface area (Å²) < 4.78 is 5.26. The molecule has 0 saturated heterocycles. The van der Waals surface area contributed by atoms with Gasteiger partial charge in [-0.15, -0.1) is 11.6 Å². The van der Waals surface area contributed by atoms with Crippen molar-refractivity contribution in [2.45, 2.75) is 25.8 Å². The number of methoxy groups -OCH3 is 1. The average molecular weight is 228 g/mol. The lowest BCUT2D eigenvalue weighted by Crippen LogP contribution is -2.13. The molecule has 2 nitrogen and oxygen atoms in total. The number of nitrogens with two attached hydrogens (primary N) is 1. The molecule has 0 fully saturated rings. The number of ether oxygens (including phenoxy) is 1. The zero-order chi connectivity index (χ0) is 11.4. The van der Waals surface area contributed by atoms with Crippen molar-refractivity contribution in [2.24, 2.45) is 5.73 Å². The van der Waals surface area contributed by atoms with E-state index >= 15 is 0 Å². The molecule has 0 bridgehead atoms. The summed E-state index contributed by atoms with van der Waals surface area (Å²) in [6, 6.07) is 5.93. The van der Waals surface area contributed by atoms with Crippen LogP contribution in [-0.2, 0) is 0 Å². The van der Waals surface area contributed by atoms with Crippen molar-refractivity contribution in [2.75, 3.05) is 13.0 Å². The Hall–Kier alpha value is -0.730. The molecule has 2 N–H and O–H groups in total. The van der Waals surface area contributed by atoms with Crippen LogP contribution in [0.2, 0.25) is 0 Å². The fourth-order valence-electron chi connectivity index (χ4n) is 1.48. The lowest BCUT2D eigenvalue weighted by atomic mass is 9.97. The molecule has 1 unspecified atom stereocenters. The quantitative estimate of drug-likeness (QED) is 0.803. The van der Waals surface area contributed by atoms with Gasteiger partial charge in [0, 0.05) is 17.5 Å². The molecule has 0 aromatic heterocycles. The highest BCUT2D eigenvalue weighted by Crippen LogP contribution is 2.28. The van der Waals surface area contributed by atoms with Crippen LogP contribution in [0.3, 0.4) is 0 Å². The van der Waals surface area contributed by atoms with E-state index < -0.39 is 0 Å². The Kier molecular flexibility index (Phi) is 4.43. The summed E-state index contributed by atoms with van der Waals surface area (Å²) in [6.07, 6.45) is 0. The number of hydrogen-bond donors (Lipinski definition) is 1. The van der Waals surface area contributed by atoms with Gasteiger partial charge in [-0.25, -0.2) is 0 Å². The van der Waals surface area contributed by atoms with E-state index in [4.69, 9.17) is 22.1 Å². The van der Waals surface area contributed by atoms with Gasteiger partial charge < -0.3 is 10.5 Å². The summed E-state index contributed by atoms with van der Waals surface area (Å²) in [7, 11) is 1.65. The van der Waals surface area contributed by atoms with Gasteiger partial charge >= 0.3 is 0 Å². The highest BCUT2D eigenvalue weighted by atomic mass is 35.5. The van der Waals surface area contributed by atoms with Gasteiger partial charge in [0.15, 0.2) is 0 Å². The predicted octanol–water partition coefficient (Wildman–Crippen LogP) is 3.06. The van der Waals surface area contributed by atoms with Crippen LogP contribution < -0.4 is 10.5 Å². The number of rotatable bonds is 4. The first-order valence-corrected chi connectivity index (χ1v) is 5.63. The van der Waals surface area contributed by atoms with Gasteiger partial charge in [0.25, 0.3) is 0 Å². The Morgan fingerprint density at radius 3 is 2.53 bits per heavy atom. The zero-order valence-electron chi connectivity index (χ0n) is 9.46. The highest BCUT2D eigenvalue weighted by Gasteiger charge is 2.12. The molecule has 0 heterocycles. The maximum absolute atomic E-state index is 5.93. The standard InChI is InChI=1S/C12H18ClNO/c1-8(2)9-4-5-12(15-3)10(6-9)11(14)7-13/h4-6,8,11H,7,14H2,1-3H3. The molecule has 3 heteroatoms. The van der Waals surface area contributed by atoms with Gasteiger partial charge in [0.2, 0.25) is 0 Å². The maximum atomic E-state index is 5.93. The smallest absolute Gasteiger partial charge is 0.123 e. The van der Waals surface area contributed by atoms with E-state index in [0.29, 0.717) is 11.8 Å². The Bertz CT molecular complexity index is 325. The van der Waals surface area contributed by atoms with Gasteiger partial charge in [-0.05, 0) is 17.5 Å². The third-order valence-corrected chi connectivity index (χ3v) is 2.82. The Balaban J connectivity index is 3.13. The van der Waals surface area contributed by atoms with Crippen molar-refractivity contribution < 1.29 is 4.74 Å². The Labute approximate surface area is 96.4 Å². The summed E-state index contributed by atoms with van der Waals surface area (Å²) in [4.78, 5) is 0. The number of halogens is 1. The van der Waals surface area contributed by atoms with Crippen molar-refractivity contribution in [3.8, 4) is 5.75 Å². The molecule has 1 aromatic carbocycles. The van der Waals surface area contributed by atoms with Crippen LogP contribution in [0.25, 0.3) is 0 Å². The van der Waals surface area contributed by atoms with Crippen LogP contribution in [0.5, 0.6) is 5.75 Å². The summed E-state index contributed by atoms with van der Waals surface area (Å²) >= 11 is 5.77.